The van der Waals surface area contributed by atoms with Gasteiger partial charge in [0.15, 0.2) is 5.96 Å². The number of nitrogens with one attached hydrogen (secondary N) is 1. The Morgan fingerprint density at radius 1 is 1.36 bits per heavy atom. The normalized spacial score (nSPS) is 17.5. The zero-order valence-electron chi connectivity index (χ0n) is 15.6. The molecule has 2 rings (SSSR count). The van der Waals surface area contributed by atoms with E-state index >= 15 is 0 Å². The van der Waals surface area contributed by atoms with Crippen LogP contribution in [0.15, 0.2) is 23.2 Å². The maximum absolute atomic E-state index is 13.9. The van der Waals surface area contributed by atoms with E-state index in [0.29, 0.717) is 24.6 Å². The zero-order chi connectivity index (χ0) is 17.5. The first kappa shape index (κ1) is 22.1. The lowest BCUT2D eigenvalue weighted by Gasteiger charge is -2.24. The summed E-state index contributed by atoms with van der Waals surface area (Å²) >= 11 is 0. The van der Waals surface area contributed by atoms with Gasteiger partial charge in [-0.3, -0.25) is 4.99 Å². The van der Waals surface area contributed by atoms with Crippen molar-refractivity contribution < 1.29 is 9.13 Å². The van der Waals surface area contributed by atoms with Crippen LogP contribution in [0.2, 0.25) is 0 Å². The lowest BCUT2D eigenvalue weighted by atomic mass is 10.1. The Balaban J connectivity index is 0.00000312. The van der Waals surface area contributed by atoms with E-state index in [1.807, 2.05) is 38.2 Å². The first-order valence-electron chi connectivity index (χ1n) is 8.41. The van der Waals surface area contributed by atoms with Crippen molar-refractivity contribution >= 4 is 29.9 Å². The first-order valence-corrected chi connectivity index (χ1v) is 8.41. The summed E-state index contributed by atoms with van der Waals surface area (Å²) < 4.78 is 19.3. The summed E-state index contributed by atoms with van der Waals surface area (Å²) in [5, 5.41) is 3.36. The van der Waals surface area contributed by atoms with Crippen molar-refractivity contribution in [3.05, 3.63) is 35.1 Å². The highest BCUT2D eigenvalue weighted by atomic mass is 127. The van der Waals surface area contributed by atoms with E-state index in [-0.39, 0.29) is 29.8 Å². The van der Waals surface area contributed by atoms with Crippen LogP contribution >= 0.6 is 24.0 Å². The Morgan fingerprint density at radius 3 is 2.72 bits per heavy atom. The SMILES string of the molecule is CN=C(NCc1ccc(F)c(CN(C)C)c1)N(C)CC1CCOC1.I. The number of halogens is 2. The molecule has 5 nitrogen and oxygen atoms in total. The number of ether oxygens (including phenoxy) is 1. The summed E-state index contributed by atoms with van der Waals surface area (Å²) in [4.78, 5) is 8.43. The van der Waals surface area contributed by atoms with E-state index in [0.717, 1.165) is 37.7 Å². The van der Waals surface area contributed by atoms with Crippen LogP contribution in [-0.4, -0.2) is 63.7 Å². The van der Waals surface area contributed by atoms with Crippen molar-refractivity contribution in [1.82, 2.24) is 15.1 Å². The number of aliphatic imine (C=N–C) groups is 1. The third kappa shape index (κ3) is 7.07. The van der Waals surface area contributed by atoms with Gasteiger partial charge in [0.1, 0.15) is 5.82 Å². The van der Waals surface area contributed by atoms with Gasteiger partial charge in [-0.2, -0.15) is 0 Å². The fourth-order valence-corrected chi connectivity index (χ4v) is 2.97. The Morgan fingerprint density at radius 2 is 2.12 bits per heavy atom. The van der Waals surface area contributed by atoms with Gasteiger partial charge in [0.05, 0.1) is 6.61 Å². The first-order chi connectivity index (χ1) is 11.5. The lowest BCUT2D eigenvalue weighted by Crippen LogP contribution is -2.41. The molecule has 0 amide bonds. The third-order valence-electron chi connectivity index (χ3n) is 4.18. The predicted octanol–water partition coefficient (Wildman–Crippen LogP) is 2.55. The molecule has 0 radical (unpaired) electrons. The topological polar surface area (TPSA) is 40.1 Å². The zero-order valence-corrected chi connectivity index (χ0v) is 17.9. The number of benzene rings is 1. The lowest BCUT2D eigenvalue weighted by molar-refractivity contribution is 0.181. The average Bonchev–Trinajstić information content (AvgIpc) is 3.03. The molecule has 1 aliphatic heterocycles. The van der Waals surface area contributed by atoms with E-state index in [4.69, 9.17) is 4.74 Å². The molecule has 1 fully saturated rings. The van der Waals surface area contributed by atoms with Crippen LogP contribution in [0, 0.1) is 11.7 Å². The highest BCUT2D eigenvalue weighted by molar-refractivity contribution is 14.0. The number of nitrogens with zero attached hydrogens (tertiary/aromatic N) is 3. The third-order valence-corrected chi connectivity index (χ3v) is 4.18. The fraction of sp³-hybridized carbons (Fsp3) is 0.611. The van der Waals surface area contributed by atoms with Gasteiger partial charge >= 0.3 is 0 Å². The van der Waals surface area contributed by atoms with Gasteiger partial charge in [-0.15, -0.1) is 24.0 Å². The Labute approximate surface area is 167 Å². The Kier molecular flexibility index (Phi) is 9.66. The minimum Gasteiger partial charge on any atom is -0.381 e. The molecule has 0 spiro atoms. The van der Waals surface area contributed by atoms with Gasteiger partial charge in [-0.25, -0.2) is 4.39 Å². The summed E-state index contributed by atoms with van der Waals surface area (Å²) in [7, 11) is 7.70. The fourth-order valence-electron chi connectivity index (χ4n) is 2.97. The van der Waals surface area contributed by atoms with Crippen molar-refractivity contribution in [2.45, 2.75) is 19.5 Å². The van der Waals surface area contributed by atoms with Gasteiger partial charge in [0.2, 0.25) is 0 Å². The van der Waals surface area contributed by atoms with Gasteiger partial charge in [-0.1, -0.05) is 6.07 Å². The van der Waals surface area contributed by atoms with Crippen LogP contribution in [0.3, 0.4) is 0 Å². The van der Waals surface area contributed by atoms with Crippen molar-refractivity contribution in [3.63, 3.8) is 0 Å². The second-order valence-corrected chi connectivity index (χ2v) is 6.67. The summed E-state index contributed by atoms with van der Waals surface area (Å²) in [6.45, 7) is 3.83. The van der Waals surface area contributed by atoms with Gasteiger partial charge in [-0.05, 0) is 38.2 Å². The second kappa shape index (κ2) is 10.9. The van der Waals surface area contributed by atoms with Crippen LogP contribution in [-0.2, 0) is 17.8 Å². The molecule has 1 atom stereocenters. The highest BCUT2D eigenvalue weighted by Crippen LogP contribution is 2.14. The van der Waals surface area contributed by atoms with Crippen LogP contribution < -0.4 is 5.32 Å². The minimum absolute atomic E-state index is 0. The van der Waals surface area contributed by atoms with Crippen molar-refractivity contribution in [1.29, 1.82) is 0 Å². The number of hydrogen-bond donors (Lipinski definition) is 1. The molecular weight excluding hydrogens is 434 g/mol. The smallest absolute Gasteiger partial charge is 0.193 e. The number of hydrogen-bond acceptors (Lipinski definition) is 3. The average molecular weight is 464 g/mol. The predicted molar refractivity (Wildman–Crippen MR) is 111 cm³/mol. The summed E-state index contributed by atoms with van der Waals surface area (Å²) in [5.74, 6) is 1.25. The maximum Gasteiger partial charge on any atom is 0.193 e. The molecule has 1 saturated heterocycles. The van der Waals surface area contributed by atoms with Gasteiger partial charge in [0, 0.05) is 51.8 Å². The largest absolute Gasteiger partial charge is 0.381 e. The van der Waals surface area contributed by atoms with E-state index in [1.165, 1.54) is 6.07 Å². The van der Waals surface area contributed by atoms with Gasteiger partial charge < -0.3 is 19.9 Å². The van der Waals surface area contributed by atoms with Crippen molar-refractivity contribution in [2.24, 2.45) is 10.9 Å². The molecule has 1 aliphatic rings. The molecule has 0 aromatic heterocycles. The summed E-state index contributed by atoms with van der Waals surface area (Å²) in [6.07, 6.45) is 1.10. The second-order valence-electron chi connectivity index (χ2n) is 6.67. The van der Waals surface area contributed by atoms with Crippen LogP contribution in [0.1, 0.15) is 17.5 Å². The quantitative estimate of drug-likeness (QED) is 0.399. The molecule has 142 valence electrons. The molecule has 1 heterocycles. The monoisotopic (exact) mass is 464 g/mol. The Hall–Kier alpha value is -0.930. The molecule has 7 heteroatoms. The molecule has 0 aliphatic carbocycles. The van der Waals surface area contributed by atoms with E-state index in [9.17, 15) is 4.39 Å². The van der Waals surface area contributed by atoms with Crippen LogP contribution in [0.4, 0.5) is 4.39 Å². The molecule has 1 aromatic rings. The van der Waals surface area contributed by atoms with E-state index in [1.54, 1.807) is 7.05 Å². The van der Waals surface area contributed by atoms with Crippen LogP contribution in [0.25, 0.3) is 0 Å². The number of guanidine groups is 1. The highest BCUT2D eigenvalue weighted by Gasteiger charge is 2.19. The molecule has 0 saturated carbocycles. The molecule has 1 aromatic carbocycles. The summed E-state index contributed by atoms with van der Waals surface area (Å²) in [5.41, 5.74) is 1.76. The van der Waals surface area contributed by atoms with Gasteiger partial charge in [0.25, 0.3) is 0 Å². The molecule has 1 unspecified atom stereocenters. The van der Waals surface area contributed by atoms with E-state index in [2.05, 4.69) is 15.2 Å². The minimum atomic E-state index is -0.157. The maximum atomic E-state index is 13.9. The molecular formula is C18H30FIN4O. The van der Waals surface area contributed by atoms with Crippen LogP contribution in [0.5, 0.6) is 0 Å². The number of rotatable bonds is 6. The Bertz CT molecular complexity index is 562. The molecule has 0 bridgehead atoms. The van der Waals surface area contributed by atoms with Crippen molar-refractivity contribution in [2.75, 3.05) is 47.9 Å². The van der Waals surface area contributed by atoms with E-state index < -0.39 is 0 Å². The molecule has 25 heavy (non-hydrogen) atoms. The standard InChI is InChI=1S/C18H29FN4O.HI/c1-20-18(23(4)11-15-7-8-24-13-15)21-10-14-5-6-17(19)16(9-14)12-22(2)3;/h5-6,9,15H,7-8,10-13H2,1-4H3,(H,20,21);1H. The molecule has 1 N–H and O–H groups in total. The summed E-state index contributed by atoms with van der Waals surface area (Å²) in [6, 6.07) is 5.28. The van der Waals surface area contributed by atoms with Crippen molar-refractivity contribution in [3.8, 4) is 0 Å².